The van der Waals surface area contributed by atoms with Gasteiger partial charge in [0.15, 0.2) is 0 Å². The smallest absolute Gasteiger partial charge is 0.263 e. The van der Waals surface area contributed by atoms with Gasteiger partial charge in [0.2, 0.25) is 0 Å². The molecule has 10 heteroatoms. The van der Waals surface area contributed by atoms with Gasteiger partial charge in [-0.2, -0.15) is 5.10 Å². The third-order valence-corrected chi connectivity index (χ3v) is 6.47. The van der Waals surface area contributed by atoms with E-state index in [0.29, 0.717) is 23.2 Å². The monoisotopic (exact) mass is 445 g/mol. The molecule has 30 heavy (non-hydrogen) atoms. The number of anilines is 2. The van der Waals surface area contributed by atoms with Crippen LogP contribution in [0.15, 0.2) is 59.6 Å². The van der Waals surface area contributed by atoms with Crippen LogP contribution >= 0.6 is 11.6 Å². The molecule has 154 valence electrons. The number of aryl methyl sites for hydroxylation is 1. The highest BCUT2D eigenvalue weighted by molar-refractivity contribution is 7.92. The van der Waals surface area contributed by atoms with Gasteiger partial charge >= 0.3 is 0 Å². The summed E-state index contributed by atoms with van der Waals surface area (Å²) in [6, 6.07) is 11.8. The third-order valence-electron chi connectivity index (χ3n) is 4.61. The summed E-state index contributed by atoms with van der Waals surface area (Å²) in [7, 11) is -4.06. The number of nitrogen functional groups attached to an aromatic ring is 1. The predicted octanol–water partition coefficient (Wildman–Crippen LogP) is 4.29. The molecule has 0 spiro atoms. The fourth-order valence-electron chi connectivity index (χ4n) is 3.20. The van der Waals surface area contributed by atoms with Gasteiger partial charge in [-0.05, 0) is 37.3 Å². The van der Waals surface area contributed by atoms with Gasteiger partial charge < -0.3 is 5.73 Å². The molecule has 0 aliphatic carbocycles. The standard InChI is InChI=1S/C20H17ClFN5O2S/c1-2-27-16-9-10-24-20(23)18(16)19(25-27)12-7-8-15(14(22)11-12)26-30(28,29)17-6-4-3-5-13(17)21/h3-11,26H,2H2,1H3,(H2,23,24). The summed E-state index contributed by atoms with van der Waals surface area (Å²) in [4.78, 5) is 3.96. The summed E-state index contributed by atoms with van der Waals surface area (Å²) >= 11 is 5.97. The Kier molecular flexibility index (Phi) is 5.08. The van der Waals surface area contributed by atoms with Crippen LogP contribution in [0.2, 0.25) is 5.02 Å². The van der Waals surface area contributed by atoms with Crippen molar-refractivity contribution in [3.63, 3.8) is 0 Å². The van der Waals surface area contributed by atoms with Gasteiger partial charge in [0.1, 0.15) is 22.2 Å². The first-order chi connectivity index (χ1) is 14.3. The number of nitrogens with one attached hydrogen (secondary N) is 1. The molecule has 4 aromatic rings. The van der Waals surface area contributed by atoms with E-state index in [0.717, 1.165) is 5.52 Å². The van der Waals surface area contributed by atoms with Crippen LogP contribution in [0.1, 0.15) is 6.92 Å². The second kappa shape index (κ2) is 7.58. The van der Waals surface area contributed by atoms with Crippen molar-refractivity contribution < 1.29 is 12.8 Å². The minimum atomic E-state index is -4.06. The van der Waals surface area contributed by atoms with E-state index in [9.17, 15) is 12.8 Å². The second-order valence-electron chi connectivity index (χ2n) is 6.49. The van der Waals surface area contributed by atoms with Crippen LogP contribution in [0.4, 0.5) is 15.9 Å². The molecule has 0 radical (unpaired) electrons. The maximum Gasteiger partial charge on any atom is 0.263 e. The third kappa shape index (κ3) is 3.46. The Morgan fingerprint density at radius 2 is 1.97 bits per heavy atom. The molecule has 7 nitrogen and oxygen atoms in total. The number of sulfonamides is 1. The van der Waals surface area contributed by atoms with Gasteiger partial charge in [0, 0.05) is 18.3 Å². The summed E-state index contributed by atoms with van der Waals surface area (Å²) in [6.07, 6.45) is 1.59. The SMILES string of the molecule is CCn1nc(-c2ccc(NS(=O)(=O)c3ccccc3Cl)c(F)c2)c2c(N)nccc21. The highest BCUT2D eigenvalue weighted by Gasteiger charge is 2.21. The van der Waals surface area contributed by atoms with E-state index in [1.165, 1.54) is 30.3 Å². The van der Waals surface area contributed by atoms with Crippen molar-refractivity contribution in [2.24, 2.45) is 0 Å². The maximum atomic E-state index is 14.8. The number of nitrogens with two attached hydrogens (primary N) is 1. The Morgan fingerprint density at radius 3 is 2.67 bits per heavy atom. The van der Waals surface area contributed by atoms with Crippen molar-refractivity contribution in [3.8, 4) is 11.3 Å². The van der Waals surface area contributed by atoms with Gasteiger partial charge in [0.25, 0.3) is 10.0 Å². The summed E-state index contributed by atoms with van der Waals surface area (Å²) in [5.74, 6) is -0.476. The number of pyridine rings is 1. The second-order valence-corrected chi connectivity index (χ2v) is 8.54. The van der Waals surface area contributed by atoms with Gasteiger partial charge in [0.05, 0.1) is 21.6 Å². The molecular formula is C20H17ClFN5O2S. The average Bonchev–Trinajstić information content (AvgIpc) is 3.10. The number of halogens is 2. The summed E-state index contributed by atoms with van der Waals surface area (Å²) in [5.41, 5.74) is 7.53. The number of hydrogen-bond donors (Lipinski definition) is 2. The molecule has 4 rings (SSSR count). The molecule has 0 amide bonds. The summed E-state index contributed by atoms with van der Waals surface area (Å²) < 4.78 is 44.0. The molecule has 0 aliphatic rings. The molecule has 0 unspecified atom stereocenters. The van der Waals surface area contributed by atoms with E-state index in [1.54, 1.807) is 29.1 Å². The molecule has 3 N–H and O–H groups in total. The number of aromatic nitrogens is 3. The molecule has 2 heterocycles. The van der Waals surface area contributed by atoms with Crippen molar-refractivity contribution in [2.75, 3.05) is 10.5 Å². The van der Waals surface area contributed by atoms with Gasteiger partial charge in [-0.15, -0.1) is 0 Å². The molecule has 0 aliphatic heterocycles. The zero-order chi connectivity index (χ0) is 21.5. The van der Waals surface area contributed by atoms with E-state index in [4.69, 9.17) is 17.3 Å². The van der Waals surface area contributed by atoms with Gasteiger partial charge in [-0.25, -0.2) is 17.8 Å². The van der Waals surface area contributed by atoms with E-state index < -0.39 is 15.8 Å². The highest BCUT2D eigenvalue weighted by atomic mass is 35.5. The zero-order valence-electron chi connectivity index (χ0n) is 15.8. The largest absolute Gasteiger partial charge is 0.383 e. The Bertz CT molecular complexity index is 1370. The summed E-state index contributed by atoms with van der Waals surface area (Å²) in [6.45, 7) is 2.53. The molecule has 0 saturated carbocycles. The van der Waals surface area contributed by atoms with E-state index >= 15 is 0 Å². The van der Waals surface area contributed by atoms with Crippen LogP contribution in [-0.4, -0.2) is 23.2 Å². The maximum absolute atomic E-state index is 14.8. The van der Waals surface area contributed by atoms with Crippen molar-refractivity contribution in [2.45, 2.75) is 18.4 Å². The topological polar surface area (TPSA) is 103 Å². The molecular weight excluding hydrogens is 429 g/mol. The van der Waals surface area contributed by atoms with E-state index in [1.807, 2.05) is 6.92 Å². The average molecular weight is 446 g/mol. The van der Waals surface area contributed by atoms with Crippen molar-refractivity contribution in [1.82, 2.24) is 14.8 Å². The van der Waals surface area contributed by atoms with Crippen LogP contribution in [-0.2, 0) is 16.6 Å². The minimum Gasteiger partial charge on any atom is -0.383 e. The van der Waals surface area contributed by atoms with E-state index in [-0.39, 0.29) is 21.4 Å². The normalized spacial score (nSPS) is 11.7. The Balaban J connectivity index is 1.75. The number of benzene rings is 2. The fourth-order valence-corrected chi connectivity index (χ4v) is 4.79. The van der Waals surface area contributed by atoms with Gasteiger partial charge in [-0.3, -0.25) is 9.40 Å². The Hall–Kier alpha value is -3.17. The molecule has 0 fully saturated rings. The number of fused-ring (bicyclic) bond motifs is 1. The van der Waals surface area contributed by atoms with Crippen LogP contribution in [0.5, 0.6) is 0 Å². The highest BCUT2D eigenvalue weighted by Crippen LogP contribution is 2.33. The fraction of sp³-hybridized carbons (Fsp3) is 0.100. The quantitative estimate of drug-likeness (QED) is 0.477. The molecule has 2 aromatic heterocycles. The lowest BCUT2D eigenvalue weighted by Gasteiger charge is -2.11. The van der Waals surface area contributed by atoms with Crippen molar-refractivity contribution in [1.29, 1.82) is 0 Å². The molecule has 0 saturated heterocycles. The molecule has 0 atom stereocenters. The lowest BCUT2D eigenvalue weighted by Crippen LogP contribution is -2.14. The summed E-state index contributed by atoms with van der Waals surface area (Å²) in [5, 5.41) is 5.17. The Morgan fingerprint density at radius 1 is 1.20 bits per heavy atom. The Labute approximate surface area is 177 Å². The minimum absolute atomic E-state index is 0.0431. The zero-order valence-corrected chi connectivity index (χ0v) is 17.4. The van der Waals surface area contributed by atoms with Crippen LogP contribution in [0.25, 0.3) is 22.2 Å². The van der Waals surface area contributed by atoms with Crippen LogP contribution in [0.3, 0.4) is 0 Å². The first kappa shape index (κ1) is 20.1. The van der Waals surface area contributed by atoms with Crippen LogP contribution in [0, 0.1) is 5.82 Å². The van der Waals surface area contributed by atoms with E-state index in [2.05, 4.69) is 14.8 Å². The number of nitrogens with zero attached hydrogens (tertiary/aromatic N) is 3. The molecule has 0 bridgehead atoms. The lowest BCUT2D eigenvalue weighted by atomic mass is 10.1. The van der Waals surface area contributed by atoms with Crippen molar-refractivity contribution >= 4 is 44.0 Å². The number of hydrogen-bond acceptors (Lipinski definition) is 5. The predicted molar refractivity (Wildman–Crippen MR) is 115 cm³/mol. The number of rotatable bonds is 5. The molecule has 2 aromatic carbocycles. The van der Waals surface area contributed by atoms with Crippen molar-refractivity contribution in [3.05, 3.63) is 65.6 Å². The van der Waals surface area contributed by atoms with Gasteiger partial charge in [-0.1, -0.05) is 29.8 Å². The first-order valence-corrected chi connectivity index (χ1v) is 10.9. The lowest BCUT2D eigenvalue weighted by molar-refractivity contribution is 0.598. The first-order valence-electron chi connectivity index (χ1n) is 9.00. The van der Waals surface area contributed by atoms with Crippen LogP contribution < -0.4 is 10.5 Å².